The van der Waals surface area contributed by atoms with E-state index in [1.807, 2.05) is 86.6 Å². The number of rotatable bonds is 8. The van der Waals surface area contributed by atoms with Crippen LogP contribution in [0.3, 0.4) is 0 Å². The lowest BCUT2D eigenvalue weighted by atomic mass is 10.0. The number of carbonyl (C=O) groups is 3. The Balaban J connectivity index is 1.37. The maximum atomic E-state index is 14.4. The van der Waals surface area contributed by atoms with Gasteiger partial charge in [0.05, 0.1) is 42.5 Å². The first-order chi connectivity index (χ1) is 24.6. The minimum absolute atomic E-state index is 0.180. The fraction of sp³-hybridized carbons (Fsp3) is 0.390. The van der Waals surface area contributed by atoms with Crippen molar-refractivity contribution in [2.24, 2.45) is 5.92 Å². The van der Waals surface area contributed by atoms with Gasteiger partial charge in [-0.2, -0.15) is 0 Å². The third-order valence-electron chi connectivity index (χ3n) is 9.37. The van der Waals surface area contributed by atoms with Crippen LogP contribution in [0.2, 0.25) is 0 Å². The summed E-state index contributed by atoms with van der Waals surface area (Å²) in [7, 11) is 1.74. The van der Waals surface area contributed by atoms with Gasteiger partial charge in [0.15, 0.2) is 0 Å². The lowest BCUT2D eigenvalue weighted by molar-refractivity contribution is -0.115. The quantitative estimate of drug-likeness (QED) is 0.183. The second-order valence-electron chi connectivity index (χ2n) is 13.6. The van der Waals surface area contributed by atoms with Crippen LogP contribution >= 0.6 is 0 Å². The molecule has 4 atom stereocenters. The van der Waals surface area contributed by atoms with E-state index < -0.39 is 12.1 Å². The summed E-state index contributed by atoms with van der Waals surface area (Å²) in [6.07, 6.45) is 2.02. The summed E-state index contributed by atoms with van der Waals surface area (Å²) in [5, 5.41) is 18.3. The molecule has 4 aromatic rings. The van der Waals surface area contributed by atoms with Gasteiger partial charge in [-0.25, -0.2) is 4.79 Å². The Hall–Kier alpha value is -4.93. The average molecular weight is 695 g/mol. The van der Waals surface area contributed by atoms with Crippen molar-refractivity contribution < 1.29 is 29.0 Å². The summed E-state index contributed by atoms with van der Waals surface area (Å²) in [6, 6.07) is 27.5. The number of likely N-dealkylation sites (N-methyl/N-ethyl adjacent to an activating group) is 1. The molecule has 51 heavy (non-hydrogen) atoms. The van der Waals surface area contributed by atoms with Crippen molar-refractivity contribution in [2.75, 3.05) is 44.0 Å². The number of benzene rings is 4. The van der Waals surface area contributed by atoms with Gasteiger partial charge in [0.25, 0.3) is 5.91 Å². The Morgan fingerprint density at radius 3 is 2.49 bits per heavy atom. The summed E-state index contributed by atoms with van der Waals surface area (Å²) < 4.78 is 12.8. The van der Waals surface area contributed by atoms with Crippen molar-refractivity contribution in [1.29, 1.82) is 0 Å². The number of amides is 4. The largest absolute Gasteiger partial charge is 0.490 e. The van der Waals surface area contributed by atoms with Gasteiger partial charge in [0.1, 0.15) is 5.75 Å². The van der Waals surface area contributed by atoms with Crippen LogP contribution in [-0.4, -0.2) is 84.4 Å². The smallest absolute Gasteiger partial charge is 0.321 e. The van der Waals surface area contributed by atoms with Crippen molar-refractivity contribution in [1.82, 2.24) is 9.80 Å². The molecular formula is C41H50N4O6. The van der Waals surface area contributed by atoms with E-state index in [4.69, 9.17) is 9.47 Å². The SMILES string of the molecule is C[C@@H]1CCCCO[C@@H](CN(C)C(=O)Nc2cccc3ccccc23)[C@H](C)CN([C@@H](C)CO)C(=O)c2cc(NC(=O)Cc3ccccc3)ccc2O1. The number of nitrogens with one attached hydrogen (secondary N) is 2. The second kappa shape index (κ2) is 17.8. The van der Waals surface area contributed by atoms with Crippen LogP contribution in [0.25, 0.3) is 10.8 Å². The molecule has 0 aliphatic carbocycles. The van der Waals surface area contributed by atoms with Crippen molar-refractivity contribution in [3.63, 3.8) is 0 Å². The number of hydrogen-bond acceptors (Lipinski definition) is 6. The van der Waals surface area contributed by atoms with Crippen LogP contribution in [-0.2, 0) is 16.0 Å². The van der Waals surface area contributed by atoms with Gasteiger partial charge in [0, 0.05) is 43.7 Å². The molecule has 1 aliphatic rings. The summed E-state index contributed by atoms with van der Waals surface area (Å²) in [5.41, 5.74) is 2.38. The average Bonchev–Trinajstić information content (AvgIpc) is 3.13. The van der Waals surface area contributed by atoms with Gasteiger partial charge >= 0.3 is 6.03 Å². The van der Waals surface area contributed by atoms with Crippen LogP contribution in [0.1, 0.15) is 56.0 Å². The Kier molecular flexibility index (Phi) is 13.0. The van der Waals surface area contributed by atoms with Gasteiger partial charge in [-0.15, -0.1) is 0 Å². The van der Waals surface area contributed by atoms with E-state index in [9.17, 15) is 19.5 Å². The van der Waals surface area contributed by atoms with E-state index in [-0.39, 0.29) is 49.4 Å². The summed E-state index contributed by atoms with van der Waals surface area (Å²) in [6.45, 7) is 6.55. The maximum absolute atomic E-state index is 14.4. The molecule has 10 heteroatoms. The molecule has 5 rings (SSSR count). The number of urea groups is 1. The lowest BCUT2D eigenvalue weighted by Gasteiger charge is -2.35. The summed E-state index contributed by atoms with van der Waals surface area (Å²) in [5.74, 6) is -0.323. The third kappa shape index (κ3) is 10.1. The van der Waals surface area contributed by atoms with E-state index in [2.05, 4.69) is 10.6 Å². The van der Waals surface area contributed by atoms with Crippen molar-refractivity contribution >= 4 is 40.0 Å². The highest BCUT2D eigenvalue weighted by Crippen LogP contribution is 2.29. The molecule has 0 unspecified atom stereocenters. The minimum Gasteiger partial charge on any atom is -0.490 e. The van der Waals surface area contributed by atoms with Gasteiger partial charge in [-0.05, 0) is 68.3 Å². The molecule has 0 bridgehead atoms. The topological polar surface area (TPSA) is 120 Å². The van der Waals surface area contributed by atoms with Crippen LogP contribution in [0.15, 0.2) is 91.0 Å². The van der Waals surface area contributed by atoms with Crippen LogP contribution in [0.5, 0.6) is 5.75 Å². The van der Waals surface area contributed by atoms with E-state index in [1.54, 1.807) is 42.0 Å². The molecule has 4 aromatic carbocycles. The highest BCUT2D eigenvalue weighted by Gasteiger charge is 2.31. The molecule has 0 aromatic heterocycles. The molecule has 4 amide bonds. The number of carbonyl (C=O) groups excluding carboxylic acids is 3. The molecule has 10 nitrogen and oxygen atoms in total. The second-order valence-corrected chi connectivity index (χ2v) is 13.6. The number of aliphatic hydroxyl groups is 1. The van der Waals surface area contributed by atoms with Crippen LogP contribution < -0.4 is 15.4 Å². The van der Waals surface area contributed by atoms with Crippen LogP contribution in [0.4, 0.5) is 16.2 Å². The number of fused-ring (bicyclic) bond motifs is 2. The number of hydrogen-bond donors (Lipinski definition) is 3. The Bertz CT molecular complexity index is 1780. The molecule has 0 saturated heterocycles. The van der Waals surface area contributed by atoms with Crippen molar-refractivity contribution in [3.05, 3.63) is 102 Å². The van der Waals surface area contributed by atoms with Gasteiger partial charge in [0.2, 0.25) is 5.91 Å². The van der Waals surface area contributed by atoms with Gasteiger partial charge < -0.3 is 35.0 Å². The molecule has 0 saturated carbocycles. The van der Waals surface area contributed by atoms with Gasteiger partial charge in [-0.1, -0.05) is 73.7 Å². The van der Waals surface area contributed by atoms with Gasteiger partial charge in [-0.3, -0.25) is 9.59 Å². The molecule has 0 fully saturated rings. The number of ether oxygens (including phenoxy) is 2. The number of anilines is 2. The van der Waals surface area contributed by atoms with E-state index in [0.29, 0.717) is 30.2 Å². The Morgan fingerprint density at radius 2 is 1.71 bits per heavy atom. The normalized spacial score (nSPS) is 19.3. The molecule has 270 valence electrons. The minimum atomic E-state index is -0.525. The first-order valence-electron chi connectivity index (χ1n) is 17.8. The summed E-state index contributed by atoms with van der Waals surface area (Å²) >= 11 is 0. The van der Waals surface area contributed by atoms with Crippen molar-refractivity contribution in [2.45, 2.75) is 64.7 Å². The Morgan fingerprint density at radius 1 is 0.961 bits per heavy atom. The highest BCUT2D eigenvalue weighted by molar-refractivity contribution is 6.02. The molecular weight excluding hydrogens is 644 g/mol. The lowest BCUT2D eigenvalue weighted by Crippen LogP contribution is -2.48. The zero-order valence-electron chi connectivity index (χ0n) is 30.0. The predicted octanol–water partition coefficient (Wildman–Crippen LogP) is 6.98. The standard InChI is InChI=1S/C41H50N4O6/c1-28-25-45(29(2)27-46)40(48)35-24-33(42-39(47)23-31-14-6-5-7-15-31)20-21-37(35)51-30(3)13-10-11-22-50-38(28)26-44(4)41(49)43-36-19-12-17-32-16-8-9-18-34(32)36/h5-9,12,14-21,24,28-30,38,46H,10-11,13,22-23,25-27H2,1-4H3,(H,42,47)(H,43,49)/t28-,29+,30-,38+/m1/s1. The molecule has 0 spiro atoms. The maximum Gasteiger partial charge on any atom is 0.321 e. The predicted molar refractivity (Wildman–Crippen MR) is 201 cm³/mol. The fourth-order valence-corrected chi connectivity index (χ4v) is 6.35. The number of nitrogens with zero attached hydrogens (tertiary/aromatic N) is 2. The first kappa shape index (κ1) is 37.3. The molecule has 0 radical (unpaired) electrons. The molecule has 1 aliphatic heterocycles. The number of aliphatic hydroxyl groups excluding tert-OH is 1. The van der Waals surface area contributed by atoms with Crippen LogP contribution in [0, 0.1) is 5.92 Å². The highest BCUT2D eigenvalue weighted by atomic mass is 16.5. The molecule has 3 N–H and O–H groups in total. The first-order valence-corrected chi connectivity index (χ1v) is 17.8. The zero-order chi connectivity index (χ0) is 36.3. The third-order valence-corrected chi connectivity index (χ3v) is 9.37. The summed E-state index contributed by atoms with van der Waals surface area (Å²) in [4.78, 5) is 44.1. The fourth-order valence-electron chi connectivity index (χ4n) is 6.35. The van der Waals surface area contributed by atoms with E-state index >= 15 is 0 Å². The van der Waals surface area contributed by atoms with Crippen molar-refractivity contribution in [3.8, 4) is 5.75 Å². The Labute approximate surface area is 300 Å². The molecule has 1 heterocycles. The van der Waals surface area contributed by atoms with E-state index in [1.165, 1.54) is 0 Å². The zero-order valence-corrected chi connectivity index (χ0v) is 30.0. The monoisotopic (exact) mass is 694 g/mol. The van der Waals surface area contributed by atoms with E-state index in [0.717, 1.165) is 41.3 Å².